The van der Waals surface area contributed by atoms with Crippen molar-refractivity contribution in [2.24, 2.45) is 5.41 Å². The molecule has 1 unspecified atom stereocenters. The Balaban J connectivity index is 1.35. The van der Waals surface area contributed by atoms with E-state index in [2.05, 4.69) is 54.3 Å². The molecule has 0 radical (unpaired) electrons. The standard InChI is InChI=1S/C24H29NO/c1-19-18-24(23(26)22-12-6-5-11-21(19)22)13-16-25(17-14-24)15-7-10-20-8-3-2-4-9-20/h2-6,8-9,11-12,19H,7,10,13-18H2,1H3. The van der Waals surface area contributed by atoms with E-state index < -0.39 is 0 Å². The summed E-state index contributed by atoms with van der Waals surface area (Å²) in [6.45, 7) is 5.56. The van der Waals surface area contributed by atoms with Gasteiger partial charge in [-0.3, -0.25) is 4.79 Å². The second kappa shape index (κ2) is 7.36. The molecule has 0 N–H and O–H groups in total. The van der Waals surface area contributed by atoms with Crippen LogP contribution in [-0.4, -0.2) is 30.3 Å². The van der Waals surface area contributed by atoms with Crippen molar-refractivity contribution in [2.75, 3.05) is 19.6 Å². The Morgan fingerprint density at radius 3 is 2.46 bits per heavy atom. The van der Waals surface area contributed by atoms with Crippen LogP contribution in [0.25, 0.3) is 0 Å². The van der Waals surface area contributed by atoms with Gasteiger partial charge in [0.2, 0.25) is 0 Å². The Bertz CT molecular complexity index is 759. The molecule has 2 nitrogen and oxygen atoms in total. The minimum absolute atomic E-state index is 0.107. The van der Waals surface area contributed by atoms with Gasteiger partial charge in [0.1, 0.15) is 0 Å². The third-order valence-electron chi connectivity index (χ3n) is 6.51. The monoisotopic (exact) mass is 347 g/mol. The quantitative estimate of drug-likeness (QED) is 0.767. The van der Waals surface area contributed by atoms with E-state index in [1.54, 1.807) is 0 Å². The van der Waals surface area contributed by atoms with Crippen LogP contribution in [0.2, 0.25) is 0 Å². The Morgan fingerprint density at radius 1 is 1.00 bits per heavy atom. The number of likely N-dealkylation sites (tertiary alicyclic amines) is 1. The average Bonchev–Trinajstić information content (AvgIpc) is 2.69. The molecule has 4 rings (SSSR count). The van der Waals surface area contributed by atoms with Crippen molar-refractivity contribution >= 4 is 5.78 Å². The maximum absolute atomic E-state index is 13.2. The van der Waals surface area contributed by atoms with Crippen LogP contribution in [0.3, 0.4) is 0 Å². The van der Waals surface area contributed by atoms with Crippen molar-refractivity contribution in [1.29, 1.82) is 0 Å². The number of hydrogen-bond donors (Lipinski definition) is 0. The highest BCUT2D eigenvalue weighted by Crippen LogP contribution is 2.48. The Kier molecular flexibility index (Phi) is 4.95. The van der Waals surface area contributed by atoms with Crippen molar-refractivity contribution in [3.05, 3.63) is 71.3 Å². The first-order valence-corrected chi connectivity index (χ1v) is 10.1. The van der Waals surface area contributed by atoms with Gasteiger partial charge in [0.15, 0.2) is 5.78 Å². The van der Waals surface area contributed by atoms with Gasteiger partial charge in [-0.15, -0.1) is 0 Å². The highest BCUT2D eigenvalue weighted by Gasteiger charge is 2.46. The highest BCUT2D eigenvalue weighted by molar-refractivity contribution is 6.03. The molecule has 1 heterocycles. The first-order chi connectivity index (χ1) is 12.7. The number of hydrogen-bond acceptors (Lipinski definition) is 2. The van der Waals surface area contributed by atoms with Gasteiger partial charge < -0.3 is 4.90 Å². The SMILES string of the molecule is CC1CC2(CCN(CCCc3ccccc3)CC2)C(=O)c2ccccc21. The summed E-state index contributed by atoms with van der Waals surface area (Å²) in [7, 11) is 0. The number of rotatable bonds is 4. The van der Waals surface area contributed by atoms with Crippen LogP contribution < -0.4 is 0 Å². The maximum Gasteiger partial charge on any atom is 0.169 e. The van der Waals surface area contributed by atoms with Crippen LogP contribution in [0, 0.1) is 5.41 Å². The smallest absolute Gasteiger partial charge is 0.169 e. The van der Waals surface area contributed by atoms with E-state index in [4.69, 9.17) is 0 Å². The summed E-state index contributed by atoms with van der Waals surface area (Å²) in [6.07, 6.45) is 5.42. The minimum atomic E-state index is -0.107. The molecular weight excluding hydrogens is 318 g/mol. The summed E-state index contributed by atoms with van der Waals surface area (Å²) in [4.78, 5) is 15.8. The normalized spacial score (nSPS) is 22.3. The molecule has 2 aliphatic rings. The summed E-state index contributed by atoms with van der Waals surface area (Å²) >= 11 is 0. The Morgan fingerprint density at radius 2 is 1.69 bits per heavy atom. The van der Waals surface area contributed by atoms with E-state index in [0.29, 0.717) is 11.7 Å². The van der Waals surface area contributed by atoms with E-state index in [0.717, 1.165) is 50.9 Å². The van der Waals surface area contributed by atoms with Crippen molar-refractivity contribution in [2.45, 2.75) is 44.9 Å². The molecule has 136 valence electrons. The van der Waals surface area contributed by atoms with Crippen molar-refractivity contribution in [3.63, 3.8) is 0 Å². The van der Waals surface area contributed by atoms with E-state index in [1.807, 2.05) is 12.1 Å². The maximum atomic E-state index is 13.2. The zero-order valence-corrected chi connectivity index (χ0v) is 15.8. The van der Waals surface area contributed by atoms with Crippen molar-refractivity contribution in [3.8, 4) is 0 Å². The van der Waals surface area contributed by atoms with Crippen molar-refractivity contribution < 1.29 is 4.79 Å². The fourth-order valence-corrected chi connectivity index (χ4v) is 5.00. The second-order valence-corrected chi connectivity index (χ2v) is 8.23. The van der Waals surface area contributed by atoms with Crippen LogP contribution in [0.4, 0.5) is 0 Å². The van der Waals surface area contributed by atoms with Crippen LogP contribution in [0.15, 0.2) is 54.6 Å². The number of fused-ring (bicyclic) bond motifs is 1. The van der Waals surface area contributed by atoms with E-state index in [-0.39, 0.29) is 5.41 Å². The number of carbonyl (C=O) groups is 1. The summed E-state index contributed by atoms with van der Waals surface area (Å²) in [5.74, 6) is 0.906. The van der Waals surface area contributed by atoms with Gasteiger partial charge in [-0.1, -0.05) is 61.5 Å². The second-order valence-electron chi connectivity index (χ2n) is 8.23. The molecule has 2 heteroatoms. The van der Waals surface area contributed by atoms with E-state index in [9.17, 15) is 4.79 Å². The molecular formula is C24H29NO. The number of benzene rings is 2. The number of Topliss-reactive ketones (excluding diaryl/α,β-unsaturated/α-hetero) is 1. The van der Waals surface area contributed by atoms with E-state index in [1.165, 1.54) is 17.5 Å². The van der Waals surface area contributed by atoms with Gasteiger partial charge in [-0.25, -0.2) is 0 Å². The first kappa shape index (κ1) is 17.5. The molecule has 1 aliphatic carbocycles. The van der Waals surface area contributed by atoms with Crippen LogP contribution >= 0.6 is 0 Å². The van der Waals surface area contributed by atoms with Gasteiger partial charge in [0.05, 0.1) is 0 Å². The summed E-state index contributed by atoms with van der Waals surface area (Å²) in [5.41, 5.74) is 3.56. The minimum Gasteiger partial charge on any atom is -0.303 e. The number of aryl methyl sites for hydroxylation is 1. The molecule has 1 aliphatic heterocycles. The van der Waals surface area contributed by atoms with Crippen LogP contribution in [0.1, 0.15) is 60.0 Å². The van der Waals surface area contributed by atoms with Gasteiger partial charge in [0.25, 0.3) is 0 Å². The third kappa shape index (κ3) is 3.35. The number of piperidine rings is 1. The highest BCUT2D eigenvalue weighted by atomic mass is 16.1. The summed E-state index contributed by atoms with van der Waals surface area (Å²) < 4.78 is 0. The average molecular weight is 348 g/mol. The topological polar surface area (TPSA) is 20.3 Å². The predicted molar refractivity (Wildman–Crippen MR) is 107 cm³/mol. The molecule has 1 saturated heterocycles. The number of nitrogens with zero attached hydrogens (tertiary/aromatic N) is 1. The lowest BCUT2D eigenvalue weighted by molar-refractivity contribution is 0.0513. The molecule has 1 fully saturated rings. The third-order valence-corrected chi connectivity index (χ3v) is 6.51. The molecule has 0 bridgehead atoms. The van der Waals surface area contributed by atoms with Gasteiger partial charge in [-0.2, -0.15) is 0 Å². The molecule has 0 saturated carbocycles. The van der Waals surface area contributed by atoms with Crippen LogP contribution in [-0.2, 0) is 6.42 Å². The summed E-state index contributed by atoms with van der Waals surface area (Å²) in [6, 6.07) is 19.0. The lowest BCUT2D eigenvalue weighted by atomic mass is 9.62. The van der Waals surface area contributed by atoms with Crippen LogP contribution in [0.5, 0.6) is 0 Å². The Hall–Kier alpha value is -1.93. The van der Waals surface area contributed by atoms with E-state index >= 15 is 0 Å². The fourth-order valence-electron chi connectivity index (χ4n) is 5.00. The largest absolute Gasteiger partial charge is 0.303 e. The summed E-state index contributed by atoms with van der Waals surface area (Å²) in [5, 5.41) is 0. The predicted octanol–water partition coefficient (Wildman–Crippen LogP) is 5.09. The first-order valence-electron chi connectivity index (χ1n) is 10.1. The number of carbonyl (C=O) groups excluding carboxylic acids is 1. The lowest BCUT2D eigenvalue weighted by Gasteiger charge is -2.45. The van der Waals surface area contributed by atoms with Gasteiger partial charge >= 0.3 is 0 Å². The Labute approximate surface area is 157 Å². The van der Waals surface area contributed by atoms with Crippen molar-refractivity contribution in [1.82, 2.24) is 4.90 Å². The number of ketones is 1. The fraction of sp³-hybridized carbons (Fsp3) is 0.458. The molecule has 2 aromatic rings. The zero-order chi connectivity index (χ0) is 18.0. The van der Waals surface area contributed by atoms with Gasteiger partial charge in [0, 0.05) is 11.0 Å². The molecule has 2 aromatic carbocycles. The molecule has 1 spiro atoms. The van der Waals surface area contributed by atoms with Gasteiger partial charge in [-0.05, 0) is 68.8 Å². The lowest BCUT2D eigenvalue weighted by Crippen LogP contribution is -2.47. The molecule has 26 heavy (non-hydrogen) atoms. The molecule has 1 atom stereocenters. The molecule has 0 amide bonds. The molecule has 0 aromatic heterocycles. The zero-order valence-electron chi connectivity index (χ0n) is 15.8.